The Balaban J connectivity index is 1.76. The molecule has 3 rings (SSSR count). The zero-order valence-corrected chi connectivity index (χ0v) is 16.7. The number of nitrogens with zero attached hydrogens (tertiary/aromatic N) is 3. The lowest BCUT2D eigenvalue weighted by atomic mass is 10.0. The summed E-state index contributed by atoms with van der Waals surface area (Å²) in [6.07, 6.45) is 4.32. The number of carbonyl (C=O) groups is 2. The number of carbonyl (C=O) groups excluding carboxylic acids is 2. The molecule has 3 N–H and O–H groups in total. The fourth-order valence-electron chi connectivity index (χ4n) is 4.03. The smallest absolute Gasteiger partial charge is 0.324 e. The maximum atomic E-state index is 13.2. The predicted molar refractivity (Wildman–Crippen MR) is 108 cm³/mol. The summed E-state index contributed by atoms with van der Waals surface area (Å²) >= 11 is 0. The molecular formula is C21H30N4O3. The molecule has 152 valence electrons. The molecule has 2 aliphatic heterocycles. The van der Waals surface area contributed by atoms with Crippen molar-refractivity contribution in [1.82, 2.24) is 14.7 Å². The number of amides is 3. The Labute approximate surface area is 166 Å². The molecule has 28 heavy (non-hydrogen) atoms. The molecule has 0 radical (unpaired) electrons. The van der Waals surface area contributed by atoms with Crippen LogP contribution in [0.15, 0.2) is 30.0 Å². The van der Waals surface area contributed by atoms with Gasteiger partial charge < -0.3 is 20.6 Å². The van der Waals surface area contributed by atoms with E-state index < -0.39 is 5.91 Å². The highest BCUT2D eigenvalue weighted by atomic mass is 16.3. The van der Waals surface area contributed by atoms with Crippen LogP contribution in [-0.4, -0.2) is 70.0 Å². The molecule has 0 bridgehead atoms. The molecular weight excluding hydrogens is 356 g/mol. The van der Waals surface area contributed by atoms with E-state index in [9.17, 15) is 14.7 Å². The Morgan fingerprint density at radius 2 is 1.79 bits per heavy atom. The van der Waals surface area contributed by atoms with Crippen LogP contribution in [0.3, 0.4) is 0 Å². The predicted octanol–water partition coefficient (Wildman–Crippen LogP) is 2.22. The first-order valence-electron chi connectivity index (χ1n) is 9.99. The molecule has 1 aromatic carbocycles. The third-order valence-corrected chi connectivity index (χ3v) is 5.67. The lowest BCUT2D eigenvalue weighted by Gasteiger charge is -2.44. The van der Waals surface area contributed by atoms with E-state index in [-0.39, 0.29) is 23.5 Å². The molecule has 0 unspecified atom stereocenters. The molecule has 1 aromatic rings. The Morgan fingerprint density at radius 3 is 2.36 bits per heavy atom. The molecule has 0 saturated carbocycles. The van der Waals surface area contributed by atoms with Crippen LogP contribution in [0, 0.1) is 0 Å². The zero-order valence-electron chi connectivity index (χ0n) is 16.7. The van der Waals surface area contributed by atoms with Crippen LogP contribution in [0.2, 0.25) is 0 Å². The van der Waals surface area contributed by atoms with Gasteiger partial charge in [0.2, 0.25) is 0 Å². The van der Waals surface area contributed by atoms with Crippen molar-refractivity contribution in [3.8, 4) is 5.75 Å². The summed E-state index contributed by atoms with van der Waals surface area (Å²) in [7, 11) is 0. The van der Waals surface area contributed by atoms with Gasteiger partial charge in [-0.25, -0.2) is 4.79 Å². The van der Waals surface area contributed by atoms with Gasteiger partial charge in [0.05, 0.1) is 0 Å². The normalized spacial score (nSPS) is 20.1. The van der Waals surface area contributed by atoms with Crippen molar-refractivity contribution in [1.29, 1.82) is 0 Å². The van der Waals surface area contributed by atoms with E-state index in [0.717, 1.165) is 32.4 Å². The van der Waals surface area contributed by atoms with Crippen molar-refractivity contribution >= 4 is 18.0 Å². The van der Waals surface area contributed by atoms with Crippen LogP contribution < -0.4 is 5.73 Å². The minimum absolute atomic E-state index is 0.141. The van der Waals surface area contributed by atoms with Crippen LogP contribution in [0.1, 0.15) is 38.7 Å². The first kappa shape index (κ1) is 20.2. The van der Waals surface area contributed by atoms with Crippen molar-refractivity contribution in [2.75, 3.05) is 26.2 Å². The number of hydrogen-bond donors (Lipinski definition) is 2. The molecule has 7 heteroatoms. The van der Waals surface area contributed by atoms with Gasteiger partial charge >= 0.3 is 6.03 Å². The average Bonchev–Trinajstić information content (AvgIpc) is 2.68. The molecule has 2 aliphatic rings. The lowest BCUT2D eigenvalue weighted by Crippen LogP contribution is -2.56. The van der Waals surface area contributed by atoms with Crippen molar-refractivity contribution in [2.45, 2.75) is 45.2 Å². The van der Waals surface area contributed by atoms with Crippen molar-refractivity contribution in [3.63, 3.8) is 0 Å². The number of nitrogens with two attached hydrogens (primary N) is 1. The van der Waals surface area contributed by atoms with Gasteiger partial charge in [-0.15, -0.1) is 0 Å². The Morgan fingerprint density at radius 1 is 1.14 bits per heavy atom. The van der Waals surface area contributed by atoms with Crippen LogP contribution in [0.25, 0.3) is 6.08 Å². The minimum atomic E-state index is -0.627. The average molecular weight is 386 g/mol. The number of phenols is 1. The number of benzene rings is 1. The maximum absolute atomic E-state index is 13.2. The highest BCUT2D eigenvalue weighted by Crippen LogP contribution is 2.25. The van der Waals surface area contributed by atoms with E-state index in [1.165, 1.54) is 17.0 Å². The van der Waals surface area contributed by atoms with E-state index >= 15 is 0 Å². The SMILES string of the molecule is CC(C)N1CCC(N2CCCN(/C(=C/c3ccc(O)cc3)C(N)=O)C2=O)CC1. The third-order valence-electron chi connectivity index (χ3n) is 5.67. The summed E-state index contributed by atoms with van der Waals surface area (Å²) in [6.45, 7) is 7.55. The summed E-state index contributed by atoms with van der Waals surface area (Å²) in [5.74, 6) is -0.483. The van der Waals surface area contributed by atoms with Crippen molar-refractivity contribution in [2.24, 2.45) is 5.73 Å². The second kappa shape index (κ2) is 8.65. The minimum Gasteiger partial charge on any atom is -0.508 e. The summed E-state index contributed by atoms with van der Waals surface area (Å²) in [5, 5.41) is 9.44. The monoisotopic (exact) mass is 386 g/mol. The van der Waals surface area contributed by atoms with Crippen LogP contribution >= 0.6 is 0 Å². The van der Waals surface area contributed by atoms with E-state index in [4.69, 9.17) is 5.73 Å². The van der Waals surface area contributed by atoms with Gasteiger partial charge in [-0.3, -0.25) is 9.69 Å². The molecule has 2 heterocycles. The van der Waals surface area contributed by atoms with Gasteiger partial charge in [0.25, 0.3) is 5.91 Å². The van der Waals surface area contributed by atoms with E-state index in [2.05, 4.69) is 18.7 Å². The number of phenolic OH excluding ortho intramolecular Hbond substituents is 1. The maximum Gasteiger partial charge on any atom is 0.324 e. The second-order valence-electron chi connectivity index (χ2n) is 7.83. The van der Waals surface area contributed by atoms with Crippen molar-refractivity contribution < 1.29 is 14.7 Å². The number of piperidine rings is 1. The molecule has 0 spiro atoms. The molecule has 2 saturated heterocycles. The number of likely N-dealkylation sites (tertiary alicyclic amines) is 1. The van der Waals surface area contributed by atoms with Crippen LogP contribution in [-0.2, 0) is 4.79 Å². The molecule has 2 fully saturated rings. The molecule has 0 atom stereocenters. The van der Waals surface area contributed by atoms with Crippen molar-refractivity contribution in [3.05, 3.63) is 35.5 Å². The van der Waals surface area contributed by atoms with E-state index in [1.807, 2.05) is 4.90 Å². The number of rotatable bonds is 5. The first-order valence-corrected chi connectivity index (χ1v) is 9.99. The quantitative estimate of drug-likeness (QED) is 0.759. The third kappa shape index (κ3) is 4.47. The van der Waals surface area contributed by atoms with Gasteiger partial charge in [-0.1, -0.05) is 12.1 Å². The van der Waals surface area contributed by atoms with Crippen LogP contribution in [0.5, 0.6) is 5.75 Å². The summed E-state index contributed by atoms with van der Waals surface area (Å²) < 4.78 is 0. The fraction of sp³-hybridized carbons (Fsp3) is 0.524. The highest BCUT2D eigenvalue weighted by Gasteiger charge is 2.35. The van der Waals surface area contributed by atoms with E-state index in [0.29, 0.717) is 24.7 Å². The largest absolute Gasteiger partial charge is 0.508 e. The van der Waals surface area contributed by atoms with Gasteiger partial charge in [0, 0.05) is 38.3 Å². The molecule has 3 amide bonds. The number of hydrogen-bond acceptors (Lipinski definition) is 4. The Hall–Kier alpha value is -2.54. The number of primary amides is 1. The molecule has 0 aliphatic carbocycles. The van der Waals surface area contributed by atoms with Gasteiger partial charge in [-0.05, 0) is 56.9 Å². The Bertz CT molecular complexity index is 737. The molecule has 0 aromatic heterocycles. The zero-order chi connectivity index (χ0) is 20.3. The lowest BCUT2D eigenvalue weighted by molar-refractivity contribution is -0.115. The molecule has 7 nitrogen and oxygen atoms in total. The second-order valence-corrected chi connectivity index (χ2v) is 7.83. The summed E-state index contributed by atoms with van der Waals surface area (Å²) in [6, 6.07) is 7.03. The number of aromatic hydroxyl groups is 1. The van der Waals surface area contributed by atoms with Gasteiger partial charge in [0.15, 0.2) is 0 Å². The van der Waals surface area contributed by atoms with Gasteiger partial charge in [0.1, 0.15) is 11.4 Å². The first-order chi connectivity index (χ1) is 13.4. The van der Waals surface area contributed by atoms with Crippen LogP contribution in [0.4, 0.5) is 4.79 Å². The standard InChI is InChI=1S/C21H30N4O3/c1-15(2)23-12-8-17(9-13-23)24-10-3-11-25(21(24)28)19(20(22)27)14-16-4-6-18(26)7-5-16/h4-7,14-15,17,26H,3,8-13H2,1-2H3,(H2,22,27)/b19-14+. The topological polar surface area (TPSA) is 90.1 Å². The Kier molecular flexibility index (Phi) is 6.24. The van der Waals surface area contributed by atoms with Gasteiger partial charge in [-0.2, -0.15) is 0 Å². The summed E-state index contributed by atoms with van der Waals surface area (Å²) in [4.78, 5) is 31.1. The fourth-order valence-corrected chi connectivity index (χ4v) is 4.03. The summed E-state index contributed by atoms with van der Waals surface area (Å²) in [5.41, 5.74) is 6.51. The van der Waals surface area contributed by atoms with E-state index in [1.54, 1.807) is 18.2 Å². The number of urea groups is 1. The highest BCUT2D eigenvalue weighted by molar-refractivity contribution is 6.00.